The molecule has 5 heteroatoms. The van der Waals surface area contributed by atoms with Crippen molar-refractivity contribution >= 4 is 15.9 Å². The lowest BCUT2D eigenvalue weighted by Gasteiger charge is -2.08. The molecule has 0 amide bonds. The fraction of sp³-hybridized carbons (Fsp3) is 0.375. The van der Waals surface area contributed by atoms with E-state index in [0.29, 0.717) is 11.1 Å². The summed E-state index contributed by atoms with van der Waals surface area (Å²) < 4.78 is 37.3. The van der Waals surface area contributed by atoms with E-state index in [1.165, 1.54) is 0 Å². The van der Waals surface area contributed by atoms with Crippen molar-refractivity contribution in [3.63, 3.8) is 0 Å². The molecule has 72 valence electrons. The van der Waals surface area contributed by atoms with Gasteiger partial charge in [-0.2, -0.15) is 4.39 Å². The Morgan fingerprint density at radius 3 is 2.62 bits per heavy atom. The van der Waals surface area contributed by atoms with Crippen LogP contribution < -0.4 is 0 Å². The highest BCUT2D eigenvalue weighted by atomic mass is 79.9. The van der Waals surface area contributed by atoms with Crippen LogP contribution >= 0.6 is 15.9 Å². The van der Waals surface area contributed by atoms with Crippen molar-refractivity contribution in [3.05, 3.63) is 28.8 Å². The molecule has 0 saturated heterocycles. The first-order valence-electron chi connectivity index (χ1n) is 3.56. The Hall–Kier alpha value is -0.580. The predicted molar refractivity (Wildman–Crippen MR) is 46.5 cm³/mol. The van der Waals surface area contributed by atoms with Crippen LogP contribution in [-0.2, 0) is 5.33 Å². The first-order valence-corrected chi connectivity index (χ1v) is 4.68. The normalized spacial score (nSPS) is 10.9. The van der Waals surface area contributed by atoms with Crippen molar-refractivity contribution in [2.75, 3.05) is 0 Å². The molecule has 13 heavy (non-hydrogen) atoms. The highest BCUT2D eigenvalue weighted by Crippen LogP contribution is 2.25. The van der Waals surface area contributed by atoms with Crippen LogP contribution in [0.2, 0.25) is 0 Å². The molecule has 1 nitrogen and oxygen atoms in total. The Morgan fingerprint density at radius 2 is 2.15 bits per heavy atom. The zero-order valence-corrected chi connectivity index (χ0v) is 8.41. The molecule has 0 fully saturated rings. The minimum absolute atomic E-state index is 0.256. The van der Waals surface area contributed by atoms with Gasteiger partial charge in [0.1, 0.15) is 5.69 Å². The van der Waals surface area contributed by atoms with E-state index in [-0.39, 0.29) is 5.33 Å². The molecule has 0 atom stereocenters. The minimum atomic E-state index is -2.73. The summed E-state index contributed by atoms with van der Waals surface area (Å²) in [5.41, 5.74) is 0.366. The lowest BCUT2D eigenvalue weighted by Crippen LogP contribution is -2.01. The average Bonchev–Trinajstić information content (AvgIpc) is 2.02. The summed E-state index contributed by atoms with van der Waals surface area (Å²) in [4.78, 5) is 3.16. The topological polar surface area (TPSA) is 12.9 Å². The molecule has 1 heterocycles. The number of aryl methyl sites for hydroxylation is 1. The van der Waals surface area contributed by atoms with Crippen molar-refractivity contribution in [2.45, 2.75) is 18.7 Å². The van der Waals surface area contributed by atoms with Crippen LogP contribution in [0.25, 0.3) is 0 Å². The number of hydrogen-bond acceptors (Lipinski definition) is 1. The predicted octanol–water partition coefficient (Wildman–Crippen LogP) is 3.36. The van der Waals surface area contributed by atoms with E-state index in [2.05, 4.69) is 20.9 Å². The van der Waals surface area contributed by atoms with Gasteiger partial charge >= 0.3 is 0 Å². The van der Waals surface area contributed by atoms with Crippen LogP contribution in [0.3, 0.4) is 0 Å². The van der Waals surface area contributed by atoms with Crippen LogP contribution in [0, 0.1) is 12.9 Å². The van der Waals surface area contributed by atoms with Gasteiger partial charge in [0, 0.05) is 5.33 Å². The number of alkyl halides is 3. The second kappa shape index (κ2) is 4.09. The minimum Gasteiger partial charge on any atom is -0.218 e. The van der Waals surface area contributed by atoms with Crippen LogP contribution in [0.5, 0.6) is 0 Å². The van der Waals surface area contributed by atoms with E-state index in [1.807, 2.05) is 0 Å². The SMILES string of the molecule is Cc1cc(F)nc(C(F)F)c1CBr. The lowest BCUT2D eigenvalue weighted by atomic mass is 10.1. The van der Waals surface area contributed by atoms with Crippen LogP contribution in [0.15, 0.2) is 6.07 Å². The Labute approximate surface area is 82.1 Å². The van der Waals surface area contributed by atoms with Gasteiger partial charge in [-0.15, -0.1) is 0 Å². The Kier molecular flexibility index (Phi) is 3.30. The summed E-state index contributed by atoms with van der Waals surface area (Å²) >= 11 is 3.06. The van der Waals surface area contributed by atoms with Crippen LogP contribution in [0.4, 0.5) is 13.2 Å². The van der Waals surface area contributed by atoms with Gasteiger partial charge in [0.25, 0.3) is 6.43 Å². The maximum atomic E-state index is 12.6. The molecule has 0 aliphatic heterocycles. The maximum absolute atomic E-state index is 12.6. The molecule has 0 N–H and O–H groups in total. The summed E-state index contributed by atoms with van der Waals surface area (Å²) in [6, 6.07) is 1.14. The van der Waals surface area contributed by atoms with Crippen LogP contribution in [-0.4, -0.2) is 4.98 Å². The fourth-order valence-electron chi connectivity index (χ4n) is 1.04. The van der Waals surface area contributed by atoms with Gasteiger partial charge in [-0.1, -0.05) is 15.9 Å². The lowest BCUT2D eigenvalue weighted by molar-refractivity contribution is 0.143. The van der Waals surface area contributed by atoms with Gasteiger partial charge in [-0.3, -0.25) is 0 Å². The Balaban J connectivity index is 3.29. The highest BCUT2D eigenvalue weighted by molar-refractivity contribution is 9.08. The molecule has 0 aliphatic rings. The van der Waals surface area contributed by atoms with Crippen molar-refractivity contribution in [3.8, 4) is 0 Å². The molecule has 0 spiro atoms. The van der Waals surface area contributed by atoms with Crippen molar-refractivity contribution in [1.82, 2.24) is 4.98 Å². The van der Waals surface area contributed by atoms with Gasteiger partial charge in [-0.05, 0) is 24.1 Å². The van der Waals surface area contributed by atoms with Gasteiger partial charge in [0.15, 0.2) is 0 Å². The van der Waals surface area contributed by atoms with E-state index >= 15 is 0 Å². The van der Waals surface area contributed by atoms with E-state index in [4.69, 9.17) is 0 Å². The van der Waals surface area contributed by atoms with Crippen molar-refractivity contribution < 1.29 is 13.2 Å². The van der Waals surface area contributed by atoms with Gasteiger partial charge in [0.2, 0.25) is 5.95 Å². The second-order valence-corrected chi connectivity index (χ2v) is 3.12. The molecule has 0 radical (unpaired) electrons. The molecule has 0 saturated carbocycles. The molecule has 1 rings (SSSR count). The first-order chi connectivity index (χ1) is 6.06. The zero-order valence-electron chi connectivity index (χ0n) is 6.82. The first kappa shape index (κ1) is 10.5. The monoisotopic (exact) mass is 253 g/mol. The molecule has 1 aromatic rings. The summed E-state index contributed by atoms with van der Waals surface area (Å²) in [6.07, 6.45) is -2.73. The molecule has 1 aromatic heterocycles. The number of aromatic nitrogens is 1. The standard InChI is InChI=1S/C8H7BrF3N/c1-4-2-6(10)13-7(8(11)12)5(4)3-9/h2,8H,3H2,1H3. The summed E-state index contributed by atoms with van der Waals surface area (Å²) in [5.74, 6) is -0.863. The molecule has 0 aliphatic carbocycles. The number of nitrogens with zero attached hydrogens (tertiary/aromatic N) is 1. The van der Waals surface area contributed by atoms with Crippen molar-refractivity contribution in [2.24, 2.45) is 0 Å². The Bertz CT molecular complexity index is 315. The zero-order chi connectivity index (χ0) is 10.0. The van der Waals surface area contributed by atoms with Crippen LogP contribution in [0.1, 0.15) is 23.2 Å². The smallest absolute Gasteiger partial charge is 0.218 e. The summed E-state index contributed by atoms with van der Waals surface area (Å²) in [7, 11) is 0. The summed E-state index contributed by atoms with van der Waals surface area (Å²) in [6.45, 7) is 1.58. The van der Waals surface area contributed by atoms with Gasteiger partial charge < -0.3 is 0 Å². The molecular formula is C8H7BrF3N. The number of halogens is 4. The average molecular weight is 254 g/mol. The van der Waals surface area contributed by atoms with E-state index in [1.54, 1.807) is 6.92 Å². The van der Waals surface area contributed by atoms with Crippen molar-refractivity contribution in [1.29, 1.82) is 0 Å². The highest BCUT2D eigenvalue weighted by Gasteiger charge is 2.17. The van der Waals surface area contributed by atoms with E-state index in [0.717, 1.165) is 6.07 Å². The van der Waals surface area contributed by atoms with Gasteiger partial charge in [0.05, 0.1) is 0 Å². The second-order valence-electron chi connectivity index (χ2n) is 2.56. The van der Waals surface area contributed by atoms with Gasteiger partial charge in [-0.25, -0.2) is 13.8 Å². The largest absolute Gasteiger partial charge is 0.280 e. The van der Waals surface area contributed by atoms with E-state index < -0.39 is 18.1 Å². The number of hydrogen-bond donors (Lipinski definition) is 0. The third-order valence-corrected chi connectivity index (χ3v) is 2.25. The third kappa shape index (κ3) is 2.21. The fourth-order valence-corrected chi connectivity index (χ4v) is 1.77. The summed E-state index contributed by atoms with van der Waals surface area (Å²) in [5, 5.41) is 0.256. The molecule has 0 bridgehead atoms. The molecule has 0 unspecified atom stereocenters. The number of rotatable bonds is 2. The Morgan fingerprint density at radius 1 is 1.54 bits per heavy atom. The third-order valence-electron chi connectivity index (χ3n) is 1.69. The maximum Gasteiger partial charge on any atom is 0.280 e. The molecule has 0 aromatic carbocycles. The molecular weight excluding hydrogens is 247 g/mol. The van der Waals surface area contributed by atoms with E-state index in [9.17, 15) is 13.2 Å². The number of pyridine rings is 1. The quantitative estimate of drug-likeness (QED) is 0.582.